The monoisotopic (exact) mass is 342 g/mol. The average Bonchev–Trinajstić information content (AvgIpc) is 2.64. The van der Waals surface area contributed by atoms with Gasteiger partial charge in [-0.25, -0.2) is 9.98 Å². The number of benzene rings is 1. The fourth-order valence-electron chi connectivity index (χ4n) is 1.39. The van der Waals surface area contributed by atoms with Gasteiger partial charge in [0, 0.05) is 11.5 Å². The minimum absolute atomic E-state index is 0. The molecule has 1 aromatic carbocycles. The fraction of sp³-hybridized carbons (Fsp3) is 0.400. The minimum atomic E-state index is -1.95. The molecule has 4 nitrogen and oxygen atoms in total. The van der Waals surface area contributed by atoms with Gasteiger partial charge < -0.3 is 4.55 Å². The molecule has 0 bridgehead atoms. The van der Waals surface area contributed by atoms with E-state index in [1.165, 1.54) is 10.8 Å². The Morgan fingerprint density at radius 1 is 1.32 bits per heavy atom. The minimum Gasteiger partial charge on any atom is -0.772 e. The molecule has 0 saturated heterocycles. The first-order valence-corrected chi connectivity index (χ1v) is 9.24. The summed E-state index contributed by atoms with van der Waals surface area (Å²) in [5.41, 5.74) is 0. The van der Waals surface area contributed by atoms with E-state index in [1.54, 1.807) is 10.8 Å². The van der Waals surface area contributed by atoms with Crippen molar-refractivity contribution in [2.24, 2.45) is 9.98 Å². The number of hydrogen-bond donors (Lipinski definition) is 1. The number of nitrogens with zero attached hydrogens (tertiary/aromatic N) is 2. The molecule has 1 aromatic rings. The number of fused-ring (bicyclic) bond motifs is 1. The molecule has 98 valence electrons. The van der Waals surface area contributed by atoms with Crippen LogP contribution in [0.1, 0.15) is 6.42 Å². The molecule has 2 rings (SSSR count). The van der Waals surface area contributed by atoms with Crippen LogP contribution in [0.2, 0.25) is 0 Å². The van der Waals surface area contributed by atoms with Crippen molar-refractivity contribution < 1.29 is 38.3 Å². The summed E-state index contributed by atoms with van der Waals surface area (Å²) in [6, 6.07) is 7.64. The van der Waals surface area contributed by atoms with Gasteiger partial charge in [0.25, 0.3) is 4.33 Å². The van der Waals surface area contributed by atoms with Gasteiger partial charge in [-0.1, -0.05) is 34.0 Å². The predicted octanol–water partition coefficient (Wildman–Crippen LogP) is -1.86. The summed E-state index contributed by atoms with van der Waals surface area (Å²) in [7, 11) is 2.98. The molecule has 1 heterocycles. The quantitative estimate of drug-likeness (QED) is 0.164. The second-order valence-corrected chi connectivity index (χ2v) is 8.08. The van der Waals surface area contributed by atoms with E-state index in [4.69, 9.17) is 0 Å². The molecule has 1 aliphatic rings. The third-order valence-electron chi connectivity index (χ3n) is 2.12. The third-order valence-corrected chi connectivity index (χ3v) is 6.12. The zero-order chi connectivity index (χ0) is 13.0. The van der Waals surface area contributed by atoms with Crippen LogP contribution in [0.15, 0.2) is 34.3 Å². The molecule has 1 aliphatic heterocycles. The molecule has 19 heavy (non-hydrogen) atoms. The zero-order valence-corrected chi connectivity index (χ0v) is 15.7. The SMILES string of the molecule is O=S([O-])CCCSSC1(S)N=c2ccccc2=N1.[Na+]. The van der Waals surface area contributed by atoms with E-state index in [-0.39, 0.29) is 35.3 Å². The van der Waals surface area contributed by atoms with Crippen LogP contribution in [-0.2, 0) is 11.1 Å². The summed E-state index contributed by atoms with van der Waals surface area (Å²) in [4.78, 5) is 8.87. The molecule has 1 unspecified atom stereocenters. The van der Waals surface area contributed by atoms with E-state index < -0.39 is 15.4 Å². The third kappa shape index (κ3) is 5.70. The summed E-state index contributed by atoms with van der Waals surface area (Å²) in [6.45, 7) is 0. The second kappa shape index (κ2) is 8.43. The van der Waals surface area contributed by atoms with E-state index in [1.807, 2.05) is 24.3 Å². The van der Waals surface area contributed by atoms with Crippen molar-refractivity contribution in [1.82, 2.24) is 0 Å². The summed E-state index contributed by atoms with van der Waals surface area (Å²) in [5, 5.41) is 1.70. The van der Waals surface area contributed by atoms with Crippen molar-refractivity contribution in [3.05, 3.63) is 35.0 Å². The van der Waals surface area contributed by atoms with Gasteiger partial charge in [0.15, 0.2) is 0 Å². The van der Waals surface area contributed by atoms with Gasteiger partial charge in [-0.3, -0.25) is 4.21 Å². The topological polar surface area (TPSA) is 64.8 Å². The standard InChI is InChI=1S/C10H12N2O2S4.Na/c13-18(14)7-3-6-16-17-10(15)11-8-4-1-2-5-9(8)12-10;/h1-2,4-5,15H,3,6-7H2,(H,13,14);/q;+1/p-1. The second-order valence-electron chi connectivity index (χ2n) is 3.55. The Morgan fingerprint density at radius 2 is 1.89 bits per heavy atom. The molecule has 0 aliphatic carbocycles. The summed E-state index contributed by atoms with van der Waals surface area (Å²) in [6.07, 6.45) is 0.630. The van der Waals surface area contributed by atoms with Gasteiger partial charge in [-0.05, 0) is 29.3 Å². The van der Waals surface area contributed by atoms with E-state index in [0.29, 0.717) is 6.42 Å². The van der Waals surface area contributed by atoms with Crippen molar-refractivity contribution in [3.8, 4) is 0 Å². The largest absolute Gasteiger partial charge is 1.00 e. The molecule has 0 saturated carbocycles. The van der Waals surface area contributed by atoms with Crippen LogP contribution in [0.4, 0.5) is 0 Å². The molecule has 1 atom stereocenters. The van der Waals surface area contributed by atoms with Gasteiger partial charge in [-0.15, -0.1) is 12.6 Å². The summed E-state index contributed by atoms with van der Waals surface area (Å²) < 4.78 is 19.9. The van der Waals surface area contributed by atoms with Crippen LogP contribution in [0.3, 0.4) is 0 Å². The number of rotatable bonds is 6. The van der Waals surface area contributed by atoms with Crippen molar-refractivity contribution >= 4 is 45.3 Å². The van der Waals surface area contributed by atoms with Crippen LogP contribution in [0.25, 0.3) is 0 Å². The Balaban J connectivity index is 0.00000180. The van der Waals surface area contributed by atoms with Crippen molar-refractivity contribution in [1.29, 1.82) is 0 Å². The molecule has 0 radical (unpaired) electrons. The van der Waals surface area contributed by atoms with E-state index in [2.05, 4.69) is 22.6 Å². The Hall–Kier alpha value is 0.980. The Bertz CT molecular complexity index is 534. The van der Waals surface area contributed by atoms with Crippen LogP contribution >= 0.6 is 34.2 Å². The van der Waals surface area contributed by atoms with E-state index in [9.17, 15) is 8.76 Å². The van der Waals surface area contributed by atoms with Crippen LogP contribution < -0.4 is 40.3 Å². The summed E-state index contributed by atoms with van der Waals surface area (Å²) in [5.74, 6) is 0.935. The van der Waals surface area contributed by atoms with Gasteiger partial charge in [-0.2, -0.15) is 0 Å². The Morgan fingerprint density at radius 3 is 2.42 bits per heavy atom. The maximum atomic E-state index is 10.4. The average molecular weight is 342 g/mol. The van der Waals surface area contributed by atoms with Crippen LogP contribution in [0, 0.1) is 0 Å². The van der Waals surface area contributed by atoms with Crippen molar-refractivity contribution in [2.75, 3.05) is 11.5 Å². The van der Waals surface area contributed by atoms with Gasteiger partial charge >= 0.3 is 29.6 Å². The predicted molar refractivity (Wildman–Crippen MR) is 78.9 cm³/mol. The van der Waals surface area contributed by atoms with Crippen LogP contribution in [-0.4, -0.2) is 24.6 Å². The first kappa shape index (κ1) is 18.0. The van der Waals surface area contributed by atoms with Gasteiger partial charge in [0.2, 0.25) is 0 Å². The normalized spacial score (nSPS) is 16.7. The van der Waals surface area contributed by atoms with Gasteiger partial charge in [0.05, 0.1) is 10.7 Å². The first-order valence-electron chi connectivity index (χ1n) is 5.23. The maximum Gasteiger partial charge on any atom is 1.00 e. The summed E-state index contributed by atoms with van der Waals surface area (Å²) >= 11 is 2.50. The molecular formula is C10H11N2NaO2S4. The van der Waals surface area contributed by atoms with Crippen molar-refractivity contribution in [3.63, 3.8) is 0 Å². The molecule has 0 spiro atoms. The molecule has 0 amide bonds. The number of thiol groups is 1. The first-order chi connectivity index (χ1) is 8.59. The maximum absolute atomic E-state index is 10.4. The molecule has 0 aromatic heterocycles. The fourth-order valence-corrected chi connectivity index (χ4v) is 4.71. The zero-order valence-electron chi connectivity index (χ0n) is 10.3. The molecular weight excluding hydrogens is 331 g/mol. The molecule has 9 heteroatoms. The van der Waals surface area contributed by atoms with Crippen LogP contribution in [0.5, 0.6) is 0 Å². The molecule has 0 N–H and O–H groups in total. The number of para-hydroxylation sites is 2. The number of hydrogen-bond acceptors (Lipinski definition) is 7. The van der Waals surface area contributed by atoms with Gasteiger partial charge in [0.1, 0.15) is 0 Å². The van der Waals surface area contributed by atoms with E-state index >= 15 is 0 Å². The Labute approximate surface area is 149 Å². The smallest absolute Gasteiger partial charge is 0.772 e. The molecule has 0 fully saturated rings. The van der Waals surface area contributed by atoms with E-state index in [0.717, 1.165) is 16.5 Å². The Kier molecular flexibility index (Phi) is 8.00. The van der Waals surface area contributed by atoms with Crippen molar-refractivity contribution in [2.45, 2.75) is 10.7 Å².